The SMILES string of the molecule is CNC(=N)NCCC[C@H](NC(=O)[C@@H](/C=C/CNC(=O)[C@H](CC1CCCCC1)NC(=O)[C@@H](NC(=O)[C@H](CNC(N)=O)NC(=O)[C@@H]1C[C@@H](O)CN1C(=O)[C@@H](Cc1ccc(O)cc1)NC(C)=O)[C@@H](C)O)CC(C)C)C(=O)N[C@@H](Cc1c[nH]c2ccccc12)C(N)=O. The molecule has 19 N–H and O–H groups in total. The second-order valence-electron chi connectivity index (χ2n) is 23.0. The molecular weight excluding hydrogens is 1140 g/mol. The minimum atomic E-state index is -1.74. The Kier molecular flexibility index (Phi) is 27.5. The van der Waals surface area contributed by atoms with Gasteiger partial charge in [-0.15, -0.1) is 0 Å². The number of primary amides is 2. The number of phenolic OH excluding ortho intramolecular Hbond substituents is 1. The van der Waals surface area contributed by atoms with Crippen molar-refractivity contribution in [1.82, 2.24) is 63.1 Å². The van der Waals surface area contributed by atoms with Crippen molar-refractivity contribution in [3.63, 3.8) is 0 Å². The maximum Gasteiger partial charge on any atom is 0.312 e. The number of aromatic amines is 1. The zero-order valence-electron chi connectivity index (χ0n) is 50.6. The summed E-state index contributed by atoms with van der Waals surface area (Å²) in [5.74, 6) is -7.64. The number of aliphatic hydroxyl groups is 2. The number of nitrogens with zero attached hydrogens (tertiary/aromatic N) is 1. The molecule has 28 heteroatoms. The molecule has 2 fully saturated rings. The highest BCUT2D eigenvalue weighted by molar-refractivity contribution is 5.98. The largest absolute Gasteiger partial charge is 0.508 e. The normalized spacial score (nSPS) is 17.8. The summed E-state index contributed by atoms with van der Waals surface area (Å²) in [6.07, 6.45) is 7.16. The Morgan fingerprint density at radius 3 is 2.08 bits per heavy atom. The number of guanidine groups is 1. The molecule has 3 aromatic rings. The topological polar surface area (TPSA) is 447 Å². The van der Waals surface area contributed by atoms with Crippen LogP contribution in [0.2, 0.25) is 0 Å². The van der Waals surface area contributed by atoms with Gasteiger partial charge >= 0.3 is 6.03 Å². The van der Waals surface area contributed by atoms with Crippen LogP contribution >= 0.6 is 0 Å². The molecule has 2 heterocycles. The number of aromatic nitrogens is 1. The van der Waals surface area contributed by atoms with E-state index < -0.39 is 126 Å². The lowest BCUT2D eigenvalue weighted by Gasteiger charge is -2.31. The highest BCUT2D eigenvalue weighted by atomic mass is 16.3. The number of para-hydroxylation sites is 1. The van der Waals surface area contributed by atoms with Gasteiger partial charge in [-0.25, -0.2) is 4.79 Å². The van der Waals surface area contributed by atoms with E-state index in [0.717, 1.165) is 53.5 Å². The molecule has 1 aliphatic carbocycles. The molecule has 1 saturated carbocycles. The number of aliphatic hydroxyl groups excluding tert-OH is 2. The van der Waals surface area contributed by atoms with E-state index in [2.05, 4.69) is 58.2 Å². The number of carbonyl (C=O) groups is 10. The van der Waals surface area contributed by atoms with Crippen molar-refractivity contribution in [3.8, 4) is 5.75 Å². The first kappa shape index (κ1) is 70.0. The fourth-order valence-electron chi connectivity index (χ4n) is 10.9. The third-order valence-electron chi connectivity index (χ3n) is 15.5. The summed E-state index contributed by atoms with van der Waals surface area (Å²) in [5, 5.41) is 66.6. The van der Waals surface area contributed by atoms with Crippen LogP contribution in [-0.4, -0.2) is 178 Å². The van der Waals surface area contributed by atoms with E-state index in [1.165, 1.54) is 26.0 Å². The molecule has 1 aliphatic heterocycles. The molecule has 28 nitrogen and oxygen atoms in total. The van der Waals surface area contributed by atoms with Crippen LogP contribution in [0.25, 0.3) is 10.9 Å². The van der Waals surface area contributed by atoms with Gasteiger partial charge in [0.05, 0.1) is 18.1 Å². The number of phenols is 1. The summed E-state index contributed by atoms with van der Waals surface area (Å²) in [6, 6.07) is 2.77. The van der Waals surface area contributed by atoms with Gasteiger partial charge in [0.2, 0.25) is 53.2 Å². The van der Waals surface area contributed by atoms with E-state index >= 15 is 0 Å². The molecule has 0 spiro atoms. The van der Waals surface area contributed by atoms with Gasteiger partial charge in [-0.2, -0.15) is 0 Å². The highest BCUT2D eigenvalue weighted by Gasteiger charge is 2.43. The maximum absolute atomic E-state index is 14.2. The van der Waals surface area contributed by atoms with E-state index in [1.807, 2.05) is 38.1 Å². The Morgan fingerprint density at radius 2 is 1.43 bits per heavy atom. The van der Waals surface area contributed by atoms with E-state index in [1.54, 1.807) is 37.5 Å². The second-order valence-corrected chi connectivity index (χ2v) is 23.0. The molecule has 0 unspecified atom stereocenters. The van der Waals surface area contributed by atoms with E-state index in [4.69, 9.17) is 16.9 Å². The van der Waals surface area contributed by atoms with Crippen LogP contribution in [0.4, 0.5) is 4.79 Å². The number of benzene rings is 2. The molecule has 5 rings (SSSR count). The number of hydrogen-bond donors (Lipinski definition) is 17. The number of aromatic hydroxyl groups is 1. The van der Waals surface area contributed by atoms with E-state index in [0.29, 0.717) is 18.4 Å². The third-order valence-corrected chi connectivity index (χ3v) is 15.5. The number of rotatable bonds is 32. The number of hydrogen-bond acceptors (Lipinski definition) is 14. The van der Waals surface area contributed by atoms with Crippen molar-refractivity contribution >= 4 is 76.1 Å². The number of nitrogens with two attached hydrogens (primary N) is 2. The Bertz CT molecular complexity index is 2930. The lowest BCUT2D eigenvalue weighted by molar-refractivity contribution is -0.142. The van der Waals surface area contributed by atoms with Crippen LogP contribution in [0.5, 0.6) is 5.75 Å². The molecule has 88 heavy (non-hydrogen) atoms. The van der Waals surface area contributed by atoms with Gasteiger partial charge in [0.15, 0.2) is 5.96 Å². The zero-order chi connectivity index (χ0) is 64.6. The molecule has 10 atom stereocenters. The molecule has 2 aliphatic rings. The monoisotopic (exact) mass is 1230 g/mol. The molecule has 11 amide bonds. The summed E-state index contributed by atoms with van der Waals surface area (Å²) in [7, 11) is 1.58. The summed E-state index contributed by atoms with van der Waals surface area (Å²) in [4.78, 5) is 140. The number of urea groups is 1. The van der Waals surface area contributed by atoms with Crippen molar-refractivity contribution < 1.29 is 63.3 Å². The number of H-pyrrole nitrogens is 1. The van der Waals surface area contributed by atoms with Gasteiger partial charge in [0.25, 0.3) is 0 Å². The van der Waals surface area contributed by atoms with E-state index in [9.17, 15) is 63.3 Å². The standard InChI is InChI=1S/C60H89N15O13/c1-33(2)25-38(52(81)70-44(18-12-24-66-59(62)64-5)54(83)71-45(51(61)80)28-39-30-67-43-17-10-9-16-42(39)43)15-11-23-65-53(82)46(26-36-13-7-6-8-14-36)72-57(86)50(34(3)76)74-55(84)48(31-68-60(63)88)73-56(85)49-29-41(79)32-75(49)58(87)47(69-35(4)77)27-37-19-21-40(78)22-20-37/h9-11,15-17,19-22,30,33-34,36,38,41,44-50,67,76,78-79H,6-8,12-14,18,23-29,31-32H2,1-5H3,(H2,61,80)(H,65,82)(H,69,77)(H,70,81)(H,71,83)(H,72,86)(H,73,85)(H,74,84)(H3,62,64,66)(H3,63,68,88)/b15-11+/t34-,38+,41-,44+,45+,46+,47-,48+,49+,50+/m1/s1. The first-order valence-corrected chi connectivity index (χ1v) is 29.9. The van der Waals surface area contributed by atoms with Crippen LogP contribution in [-0.2, 0) is 56.0 Å². The molecular formula is C60H89N15O13. The quantitative estimate of drug-likeness (QED) is 0.0153. The van der Waals surface area contributed by atoms with Crippen LogP contribution in [0.1, 0.15) is 103 Å². The second kappa shape index (κ2) is 34.5. The first-order chi connectivity index (χ1) is 41.8. The number of nitrogens with one attached hydrogen (secondary N) is 12. The van der Waals surface area contributed by atoms with Gasteiger partial charge in [0, 0.05) is 76.5 Å². The Morgan fingerprint density at radius 1 is 0.761 bits per heavy atom. The number of likely N-dealkylation sites (tertiary alicyclic amines) is 1. The maximum atomic E-state index is 14.2. The minimum absolute atomic E-state index is 0.0144. The van der Waals surface area contributed by atoms with Crippen LogP contribution in [0, 0.1) is 23.2 Å². The zero-order valence-corrected chi connectivity index (χ0v) is 50.6. The molecule has 2 aromatic carbocycles. The Hall–Kier alpha value is -8.79. The van der Waals surface area contributed by atoms with Gasteiger partial charge in [-0.1, -0.05) is 88.4 Å². The summed E-state index contributed by atoms with van der Waals surface area (Å²) in [6.45, 7) is 5.44. The van der Waals surface area contributed by atoms with E-state index in [-0.39, 0.29) is 75.3 Å². The summed E-state index contributed by atoms with van der Waals surface area (Å²) >= 11 is 0. The van der Waals surface area contributed by atoms with Crippen molar-refractivity contribution in [2.45, 2.75) is 159 Å². The predicted octanol–water partition coefficient (Wildman–Crippen LogP) is -1.09. The average molecular weight is 1230 g/mol. The fraction of sp³-hybridized carbons (Fsp3) is 0.550. The van der Waals surface area contributed by atoms with Gasteiger partial charge in [-0.3, -0.25) is 48.6 Å². The number of fused-ring (bicyclic) bond motifs is 1. The Balaban J connectivity index is 1.28. The van der Waals surface area contributed by atoms with Crippen molar-refractivity contribution in [2.75, 3.05) is 33.2 Å². The third kappa shape index (κ3) is 22.2. The number of carbonyl (C=O) groups excluding carboxylic acids is 10. The van der Waals surface area contributed by atoms with Gasteiger partial charge < -0.3 is 89.8 Å². The number of β-amino-alcohol motifs (C(OH)–C–C–N with tert-alkyl or cyclic N) is 1. The van der Waals surface area contributed by atoms with Crippen molar-refractivity contribution in [2.24, 2.45) is 29.2 Å². The predicted molar refractivity (Wildman–Crippen MR) is 326 cm³/mol. The molecule has 0 radical (unpaired) electrons. The fourth-order valence-corrected chi connectivity index (χ4v) is 10.9. The van der Waals surface area contributed by atoms with Crippen molar-refractivity contribution in [1.29, 1.82) is 5.41 Å². The van der Waals surface area contributed by atoms with Crippen LogP contribution in [0.3, 0.4) is 0 Å². The van der Waals surface area contributed by atoms with Crippen LogP contribution < -0.4 is 64.6 Å². The van der Waals surface area contributed by atoms with Gasteiger partial charge in [-0.05, 0) is 73.8 Å². The van der Waals surface area contributed by atoms with Crippen molar-refractivity contribution in [3.05, 3.63) is 78.0 Å². The lowest BCUT2D eigenvalue weighted by Crippen LogP contribution is -2.62. The van der Waals surface area contributed by atoms with Crippen LogP contribution in [0.15, 0.2) is 66.9 Å². The molecule has 0 bridgehead atoms. The van der Waals surface area contributed by atoms with Gasteiger partial charge in [0.1, 0.15) is 48.0 Å². The lowest BCUT2D eigenvalue weighted by atomic mass is 9.84. The first-order valence-electron chi connectivity index (χ1n) is 29.9. The smallest absolute Gasteiger partial charge is 0.312 e. The summed E-state index contributed by atoms with van der Waals surface area (Å²) in [5.41, 5.74) is 13.3. The molecule has 1 saturated heterocycles. The number of amides is 11. The average Bonchev–Trinajstić information content (AvgIpc) is 2.28. The summed E-state index contributed by atoms with van der Waals surface area (Å²) < 4.78 is 0. The highest BCUT2D eigenvalue weighted by Crippen LogP contribution is 2.28. The Labute approximate surface area is 511 Å². The molecule has 482 valence electrons. The molecule has 1 aromatic heterocycles. The minimum Gasteiger partial charge on any atom is -0.508 e.